The van der Waals surface area contributed by atoms with Gasteiger partial charge in [0, 0.05) is 23.4 Å². The average molecular weight is 234 g/mol. The summed E-state index contributed by atoms with van der Waals surface area (Å²) in [6.45, 7) is 4.16. The molecule has 17 heavy (non-hydrogen) atoms. The number of nitrogens with one attached hydrogen (secondary N) is 1. The number of nitro groups is 1. The Morgan fingerprint density at radius 1 is 1.47 bits per heavy atom. The van der Waals surface area contributed by atoms with Crippen molar-refractivity contribution < 1.29 is 4.92 Å². The fourth-order valence-corrected chi connectivity index (χ4v) is 2.38. The fourth-order valence-electron chi connectivity index (χ4n) is 2.38. The van der Waals surface area contributed by atoms with Gasteiger partial charge in [-0.05, 0) is 31.2 Å². The molecule has 1 fully saturated rings. The Kier molecular flexibility index (Phi) is 3.31. The third-order valence-electron chi connectivity index (χ3n) is 3.41. The minimum Gasteiger partial charge on any atom is -0.382 e. The van der Waals surface area contributed by atoms with Crippen LogP contribution in [0.25, 0.3) is 0 Å². The van der Waals surface area contributed by atoms with E-state index in [-0.39, 0.29) is 10.6 Å². The first kappa shape index (κ1) is 11.9. The first-order valence-corrected chi connectivity index (χ1v) is 6.14. The van der Waals surface area contributed by atoms with Crippen LogP contribution in [0, 0.1) is 16.0 Å². The largest absolute Gasteiger partial charge is 0.382 e. The van der Waals surface area contributed by atoms with Crippen LogP contribution in [0.5, 0.6) is 0 Å². The van der Waals surface area contributed by atoms with Gasteiger partial charge in [-0.2, -0.15) is 0 Å². The van der Waals surface area contributed by atoms with Crippen LogP contribution in [0.4, 0.5) is 11.4 Å². The van der Waals surface area contributed by atoms with Crippen molar-refractivity contribution >= 4 is 11.4 Å². The molecule has 1 aliphatic carbocycles. The lowest BCUT2D eigenvalue weighted by Gasteiger charge is -2.34. The maximum Gasteiger partial charge on any atom is 0.274 e. The van der Waals surface area contributed by atoms with E-state index in [1.165, 1.54) is 0 Å². The van der Waals surface area contributed by atoms with Crippen molar-refractivity contribution in [2.24, 2.45) is 5.92 Å². The van der Waals surface area contributed by atoms with Gasteiger partial charge in [0.2, 0.25) is 0 Å². The van der Waals surface area contributed by atoms with E-state index in [9.17, 15) is 10.1 Å². The smallest absolute Gasteiger partial charge is 0.274 e. The highest BCUT2D eigenvalue weighted by atomic mass is 16.6. The Balaban J connectivity index is 2.13. The quantitative estimate of drug-likeness (QED) is 0.642. The number of hydrogen-bond donors (Lipinski definition) is 1. The molecule has 0 aliphatic heterocycles. The molecule has 0 saturated heterocycles. The number of aryl methyl sites for hydroxylation is 1. The van der Waals surface area contributed by atoms with Gasteiger partial charge in [-0.25, -0.2) is 0 Å². The van der Waals surface area contributed by atoms with Gasteiger partial charge in [0.1, 0.15) is 0 Å². The molecule has 0 heterocycles. The standard InChI is InChI=1S/C13H18N2O2/c1-3-10-4-5-11(8-13(10)15(16)17)14-12-6-9(2)7-12/h4-5,8-9,12,14H,3,6-7H2,1-2H3. The number of hydrogen-bond acceptors (Lipinski definition) is 3. The second-order valence-electron chi connectivity index (χ2n) is 4.87. The highest BCUT2D eigenvalue weighted by Crippen LogP contribution is 2.31. The third-order valence-corrected chi connectivity index (χ3v) is 3.41. The normalized spacial score (nSPS) is 22.9. The van der Waals surface area contributed by atoms with Crippen LogP contribution >= 0.6 is 0 Å². The molecule has 0 bridgehead atoms. The summed E-state index contributed by atoms with van der Waals surface area (Å²) in [6.07, 6.45) is 3.00. The first-order chi connectivity index (χ1) is 8.10. The van der Waals surface area contributed by atoms with Crippen LogP contribution in [-0.2, 0) is 6.42 Å². The summed E-state index contributed by atoms with van der Waals surface area (Å²) in [6, 6.07) is 5.93. The van der Waals surface area contributed by atoms with Gasteiger partial charge >= 0.3 is 0 Å². The summed E-state index contributed by atoms with van der Waals surface area (Å²) in [4.78, 5) is 10.6. The monoisotopic (exact) mass is 234 g/mol. The summed E-state index contributed by atoms with van der Waals surface area (Å²) in [5, 5.41) is 14.3. The molecular weight excluding hydrogens is 216 g/mol. The predicted molar refractivity (Wildman–Crippen MR) is 68.3 cm³/mol. The molecule has 4 heteroatoms. The van der Waals surface area contributed by atoms with E-state index >= 15 is 0 Å². The first-order valence-electron chi connectivity index (χ1n) is 6.14. The van der Waals surface area contributed by atoms with E-state index in [2.05, 4.69) is 12.2 Å². The van der Waals surface area contributed by atoms with Gasteiger partial charge in [0.25, 0.3) is 5.69 Å². The van der Waals surface area contributed by atoms with Gasteiger partial charge in [-0.1, -0.05) is 19.9 Å². The van der Waals surface area contributed by atoms with Gasteiger partial charge in [0.05, 0.1) is 4.92 Å². The third kappa shape index (κ3) is 2.57. The molecule has 2 rings (SSSR count). The van der Waals surface area contributed by atoms with Crippen molar-refractivity contribution in [2.75, 3.05) is 5.32 Å². The van der Waals surface area contributed by atoms with E-state index in [0.717, 1.165) is 30.0 Å². The molecule has 0 radical (unpaired) electrons. The van der Waals surface area contributed by atoms with Gasteiger partial charge in [-0.3, -0.25) is 10.1 Å². The zero-order valence-electron chi connectivity index (χ0n) is 10.3. The van der Waals surface area contributed by atoms with Crippen LogP contribution in [0.3, 0.4) is 0 Å². The summed E-state index contributed by atoms with van der Waals surface area (Å²) in [7, 11) is 0. The number of nitro benzene ring substituents is 1. The summed E-state index contributed by atoms with van der Waals surface area (Å²) < 4.78 is 0. The lowest BCUT2D eigenvalue weighted by atomic mass is 9.82. The Morgan fingerprint density at radius 3 is 2.71 bits per heavy atom. The lowest BCUT2D eigenvalue weighted by Crippen LogP contribution is -2.33. The van der Waals surface area contributed by atoms with Crippen molar-refractivity contribution in [3.8, 4) is 0 Å². The van der Waals surface area contributed by atoms with E-state index in [4.69, 9.17) is 0 Å². The molecule has 0 atom stereocenters. The summed E-state index contributed by atoms with van der Waals surface area (Å²) >= 11 is 0. The van der Waals surface area contributed by atoms with Crippen LogP contribution in [0.2, 0.25) is 0 Å². The number of anilines is 1. The highest BCUT2D eigenvalue weighted by molar-refractivity contribution is 5.56. The molecule has 1 aliphatic rings. The Morgan fingerprint density at radius 2 is 2.18 bits per heavy atom. The van der Waals surface area contributed by atoms with Gasteiger partial charge in [-0.15, -0.1) is 0 Å². The van der Waals surface area contributed by atoms with Crippen molar-refractivity contribution in [2.45, 2.75) is 39.2 Å². The van der Waals surface area contributed by atoms with E-state index in [1.54, 1.807) is 6.07 Å². The van der Waals surface area contributed by atoms with Crippen molar-refractivity contribution in [1.82, 2.24) is 0 Å². The molecule has 0 aromatic heterocycles. The highest BCUT2D eigenvalue weighted by Gasteiger charge is 2.25. The molecule has 4 nitrogen and oxygen atoms in total. The van der Waals surface area contributed by atoms with Crippen molar-refractivity contribution in [3.63, 3.8) is 0 Å². The number of rotatable bonds is 4. The molecule has 0 spiro atoms. The topological polar surface area (TPSA) is 55.2 Å². The van der Waals surface area contributed by atoms with Crippen LogP contribution < -0.4 is 5.32 Å². The van der Waals surface area contributed by atoms with E-state index in [0.29, 0.717) is 12.5 Å². The zero-order valence-corrected chi connectivity index (χ0v) is 10.3. The zero-order chi connectivity index (χ0) is 12.4. The van der Waals surface area contributed by atoms with E-state index < -0.39 is 0 Å². The van der Waals surface area contributed by atoms with Gasteiger partial charge < -0.3 is 5.32 Å². The van der Waals surface area contributed by atoms with Crippen molar-refractivity contribution in [1.29, 1.82) is 0 Å². The molecule has 0 amide bonds. The second kappa shape index (κ2) is 4.73. The summed E-state index contributed by atoms with van der Waals surface area (Å²) in [5.74, 6) is 0.775. The minimum absolute atomic E-state index is 0.227. The molecule has 92 valence electrons. The number of nitrogens with zero attached hydrogens (tertiary/aromatic N) is 1. The van der Waals surface area contributed by atoms with E-state index in [1.807, 2.05) is 19.1 Å². The molecule has 0 unspecified atom stereocenters. The molecule has 1 aromatic carbocycles. The van der Waals surface area contributed by atoms with Crippen LogP contribution in [-0.4, -0.2) is 11.0 Å². The minimum atomic E-state index is -0.298. The van der Waals surface area contributed by atoms with Crippen molar-refractivity contribution in [3.05, 3.63) is 33.9 Å². The lowest BCUT2D eigenvalue weighted by molar-refractivity contribution is -0.385. The molecule has 1 saturated carbocycles. The average Bonchev–Trinajstić information content (AvgIpc) is 2.27. The van der Waals surface area contributed by atoms with Crippen LogP contribution in [0.1, 0.15) is 32.3 Å². The molecule has 1 N–H and O–H groups in total. The Hall–Kier alpha value is -1.58. The molecule has 1 aromatic rings. The predicted octanol–water partition coefficient (Wildman–Crippen LogP) is 3.37. The SMILES string of the molecule is CCc1ccc(NC2CC(C)C2)cc1[N+](=O)[O-]. The summed E-state index contributed by atoms with van der Waals surface area (Å²) in [5.41, 5.74) is 1.89. The Bertz CT molecular complexity index is 425. The molecular formula is C13H18N2O2. The maximum atomic E-state index is 10.9. The Labute approximate surface area is 101 Å². The second-order valence-corrected chi connectivity index (χ2v) is 4.87. The van der Waals surface area contributed by atoms with Crippen LogP contribution in [0.15, 0.2) is 18.2 Å². The van der Waals surface area contributed by atoms with Gasteiger partial charge in [0.15, 0.2) is 0 Å². The fraction of sp³-hybridized carbons (Fsp3) is 0.538. The number of benzene rings is 1. The maximum absolute atomic E-state index is 10.9.